The van der Waals surface area contributed by atoms with Crippen molar-refractivity contribution < 1.29 is 28.2 Å². The maximum absolute atomic E-state index is 13.6. The Kier molecular flexibility index (Phi) is 6.33. The molecule has 0 spiro atoms. The summed E-state index contributed by atoms with van der Waals surface area (Å²) in [7, 11) is 1.40. The first-order valence-corrected chi connectivity index (χ1v) is 8.57. The zero-order chi connectivity index (χ0) is 19.5. The Morgan fingerprint density at radius 2 is 2.12 bits per heavy atom. The summed E-state index contributed by atoms with van der Waals surface area (Å²) >= 11 is 0. The van der Waals surface area contributed by atoms with E-state index in [0.717, 1.165) is 10.9 Å². The molecule has 0 radical (unpaired) electrons. The molecule has 1 N–H and O–H groups in total. The Morgan fingerprint density at radius 3 is 2.65 bits per heavy atom. The van der Waals surface area contributed by atoms with Crippen LogP contribution in [0.4, 0.5) is 8.78 Å². The van der Waals surface area contributed by atoms with Crippen LogP contribution in [0.5, 0.6) is 0 Å². The molecular formula is C17H25F2N3O4. The zero-order valence-corrected chi connectivity index (χ0v) is 15.2. The lowest BCUT2D eigenvalue weighted by atomic mass is 9.80. The quantitative estimate of drug-likeness (QED) is 0.794. The molecule has 2 rings (SSSR count). The van der Waals surface area contributed by atoms with Crippen LogP contribution in [0.2, 0.25) is 0 Å². The van der Waals surface area contributed by atoms with E-state index >= 15 is 0 Å². The van der Waals surface area contributed by atoms with Gasteiger partial charge in [0.15, 0.2) is 0 Å². The fraction of sp³-hybridized carbons (Fsp3) is 0.706. The number of halogens is 2. The Balaban J connectivity index is 2.31. The standard InChI is InChI=1S/C17H25F2N3O4/c1-11(2)8-22-13(14(18)19)12(7-20-22)15(23)21-6-4-5-17(9-21,10-26-3)16(24)25/h7,11,14H,4-6,8-10H2,1-3H3,(H,24,25). The predicted molar refractivity (Wildman–Crippen MR) is 89.1 cm³/mol. The van der Waals surface area contributed by atoms with Crippen LogP contribution < -0.4 is 0 Å². The van der Waals surface area contributed by atoms with Gasteiger partial charge in [-0.2, -0.15) is 5.10 Å². The Morgan fingerprint density at radius 1 is 1.42 bits per heavy atom. The number of carboxylic acid groups (broad SMARTS) is 1. The number of carbonyl (C=O) groups excluding carboxylic acids is 1. The highest BCUT2D eigenvalue weighted by Crippen LogP contribution is 2.33. The monoisotopic (exact) mass is 373 g/mol. The number of aliphatic carboxylic acids is 1. The molecule has 0 bridgehead atoms. The average Bonchev–Trinajstić information content (AvgIpc) is 2.97. The van der Waals surface area contributed by atoms with Gasteiger partial charge in [-0.15, -0.1) is 0 Å². The Bertz CT molecular complexity index is 658. The number of rotatable bonds is 7. The van der Waals surface area contributed by atoms with Crippen molar-refractivity contribution in [2.75, 3.05) is 26.8 Å². The number of likely N-dealkylation sites (tertiary alicyclic amines) is 1. The van der Waals surface area contributed by atoms with Crippen molar-refractivity contribution >= 4 is 11.9 Å². The smallest absolute Gasteiger partial charge is 0.313 e. The SMILES string of the molecule is COCC1(C(=O)O)CCCN(C(=O)c2cnn(CC(C)C)c2C(F)F)C1. The number of nitrogens with zero attached hydrogens (tertiary/aromatic N) is 3. The normalized spacial score (nSPS) is 20.8. The molecule has 2 heterocycles. The average molecular weight is 373 g/mol. The second-order valence-electron chi connectivity index (χ2n) is 7.17. The minimum atomic E-state index is -2.84. The van der Waals surface area contributed by atoms with Gasteiger partial charge in [0, 0.05) is 26.7 Å². The van der Waals surface area contributed by atoms with E-state index in [9.17, 15) is 23.5 Å². The molecule has 1 aromatic rings. The lowest BCUT2D eigenvalue weighted by Crippen LogP contribution is -2.52. The lowest BCUT2D eigenvalue weighted by Gasteiger charge is -2.39. The molecule has 1 atom stereocenters. The number of hydrogen-bond donors (Lipinski definition) is 1. The molecule has 0 aliphatic carbocycles. The summed E-state index contributed by atoms with van der Waals surface area (Å²) in [5.74, 6) is -1.58. The third-order valence-corrected chi connectivity index (χ3v) is 4.59. The van der Waals surface area contributed by atoms with Crippen LogP contribution in [-0.4, -0.2) is 58.5 Å². The third-order valence-electron chi connectivity index (χ3n) is 4.59. The molecule has 1 saturated heterocycles. The molecule has 0 aromatic carbocycles. The number of ether oxygens (including phenoxy) is 1. The molecule has 1 aliphatic rings. The highest BCUT2D eigenvalue weighted by atomic mass is 19.3. The summed E-state index contributed by atoms with van der Waals surface area (Å²) in [5, 5.41) is 13.5. The van der Waals surface area contributed by atoms with Gasteiger partial charge in [0.1, 0.15) is 11.1 Å². The number of methoxy groups -OCH3 is 1. The van der Waals surface area contributed by atoms with Gasteiger partial charge in [0.05, 0.1) is 18.4 Å². The summed E-state index contributed by atoms with van der Waals surface area (Å²) < 4.78 is 33.3. The van der Waals surface area contributed by atoms with E-state index in [1.165, 1.54) is 12.0 Å². The Labute approximate surface area is 150 Å². The van der Waals surface area contributed by atoms with Crippen LogP contribution >= 0.6 is 0 Å². The van der Waals surface area contributed by atoms with Crippen LogP contribution in [-0.2, 0) is 16.1 Å². The minimum Gasteiger partial charge on any atom is -0.481 e. The second kappa shape index (κ2) is 8.11. The maximum atomic E-state index is 13.6. The van der Waals surface area contributed by atoms with E-state index in [2.05, 4.69) is 5.10 Å². The van der Waals surface area contributed by atoms with Crippen molar-refractivity contribution in [3.05, 3.63) is 17.5 Å². The van der Waals surface area contributed by atoms with E-state index < -0.39 is 29.4 Å². The molecule has 9 heteroatoms. The lowest BCUT2D eigenvalue weighted by molar-refractivity contribution is -0.155. The number of piperidine rings is 1. The fourth-order valence-corrected chi connectivity index (χ4v) is 3.39. The molecule has 1 aliphatic heterocycles. The molecule has 146 valence electrons. The zero-order valence-electron chi connectivity index (χ0n) is 15.2. The number of aromatic nitrogens is 2. The molecule has 0 saturated carbocycles. The molecule has 1 fully saturated rings. The van der Waals surface area contributed by atoms with Gasteiger partial charge in [-0.25, -0.2) is 8.78 Å². The number of amides is 1. The molecule has 26 heavy (non-hydrogen) atoms. The first-order valence-electron chi connectivity index (χ1n) is 8.57. The van der Waals surface area contributed by atoms with Crippen LogP contribution in [0.15, 0.2) is 6.20 Å². The van der Waals surface area contributed by atoms with Gasteiger partial charge in [0.2, 0.25) is 0 Å². The number of hydrogen-bond acceptors (Lipinski definition) is 4. The van der Waals surface area contributed by atoms with Crippen LogP contribution in [0.1, 0.15) is 49.2 Å². The van der Waals surface area contributed by atoms with E-state index in [-0.39, 0.29) is 31.2 Å². The molecule has 7 nitrogen and oxygen atoms in total. The van der Waals surface area contributed by atoms with Crippen LogP contribution in [0.3, 0.4) is 0 Å². The summed E-state index contributed by atoms with van der Waals surface area (Å²) in [4.78, 5) is 25.9. The van der Waals surface area contributed by atoms with E-state index in [4.69, 9.17) is 4.74 Å². The molecule has 1 aromatic heterocycles. The van der Waals surface area contributed by atoms with Crippen molar-refractivity contribution in [2.24, 2.45) is 11.3 Å². The highest BCUT2D eigenvalue weighted by Gasteiger charge is 2.44. The van der Waals surface area contributed by atoms with Gasteiger partial charge >= 0.3 is 5.97 Å². The summed E-state index contributed by atoms with van der Waals surface area (Å²) in [6.07, 6.45) is -0.859. The first kappa shape index (κ1) is 20.3. The minimum absolute atomic E-state index is 0.0412. The predicted octanol–water partition coefficient (Wildman–Crippen LogP) is 2.43. The first-order chi connectivity index (χ1) is 12.2. The van der Waals surface area contributed by atoms with Gasteiger partial charge in [0.25, 0.3) is 12.3 Å². The fourth-order valence-electron chi connectivity index (χ4n) is 3.39. The third kappa shape index (κ3) is 4.03. The molecular weight excluding hydrogens is 348 g/mol. The van der Waals surface area contributed by atoms with Gasteiger partial charge in [-0.1, -0.05) is 13.8 Å². The summed E-state index contributed by atoms with van der Waals surface area (Å²) in [6, 6.07) is 0. The molecule has 1 unspecified atom stereocenters. The van der Waals surface area contributed by atoms with E-state index in [0.29, 0.717) is 19.4 Å². The van der Waals surface area contributed by atoms with Gasteiger partial charge < -0.3 is 14.7 Å². The number of carbonyl (C=O) groups is 2. The van der Waals surface area contributed by atoms with Crippen LogP contribution in [0, 0.1) is 11.3 Å². The highest BCUT2D eigenvalue weighted by molar-refractivity contribution is 5.95. The summed E-state index contributed by atoms with van der Waals surface area (Å²) in [6.45, 7) is 4.21. The molecule has 1 amide bonds. The van der Waals surface area contributed by atoms with Gasteiger partial charge in [-0.05, 0) is 18.8 Å². The summed E-state index contributed by atoms with van der Waals surface area (Å²) in [5.41, 5.74) is -1.80. The van der Waals surface area contributed by atoms with Crippen molar-refractivity contribution in [2.45, 2.75) is 39.7 Å². The van der Waals surface area contributed by atoms with Crippen molar-refractivity contribution in [1.29, 1.82) is 0 Å². The Hall–Kier alpha value is -2.03. The maximum Gasteiger partial charge on any atom is 0.313 e. The largest absolute Gasteiger partial charge is 0.481 e. The van der Waals surface area contributed by atoms with E-state index in [1.54, 1.807) is 0 Å². The van der Waals surface area contributed by atoms with Crippen molar-refractivity contribution in [3.63, 3.8) is 0 Å². The van der Waals surface area contributed by atoms with Crippen molar-refractivity contribution in [3.8, 4) is 0 Å². The van der Waals surface area contributed by atoms with Gasteiger partial charge in [-0.3, -0.25) is 14.3 Å². The van der Waals surface area contributed by atoms with E-state index in [1.807, 2.05) is 13.8 Å². The van der Waals surface area contributed by atoms with Crippen molar-refractivity contribution in [1.82, 2.24) is 14.7 Å². The second-order valence-corrected chi connectivity index (χ2v) is 7.17. The van der Waals surface area contributed by atoms with Crippen LogP contribution in [0.25, 0.3) is 0 Å². The topological polar surface area (TPSA) is 84.7 Å². The number of alkyl halides is 2. The number of carboxylic acids is 1.